The van der Waals surface area contributed by atoms with Crippen molar-refractivity contribution in [2.24, 2.45) is 0 Å². The number of hydrogen-bond acceptors (Lipinski definition) is 3. The molecule has 0 N–H and O–H groups in total. The molecule has 0 saturated heterocycles. The van der Waals surface area contributed by atoms with Crippen molar-refractivity contribution in [1.29, 1.82) is 5.26 Å². The van der Waals surface area contributed by atoms with Gasteiger partial charge in [-0.05, 0) is 49.2 Å². The molecule has 2 aromatic heterocycles. The summed E-state index contributed by atoms with van der Waals surface area (Å²) in [6.07, 6.45) is 0. The molecule has 0 spiro atoms. The first kappa shape index (κ1) is 28.4. The van der Waals surface area contributed by atoms with Gasteiger partial charge in [-0.25, -0.2) is 0 Å². The second-order valence-corrected chi connectivity index (χ2v) is 10.1. The average molecular weight is 678 g/mol. The van der Waals surface area contributed by atoms with Crippen LogP contribution in [0.25, 0.3) is 16.9 Å². The molecule has 192 valence electrons. The first-order valence-corrected chi connectivity index (χ1v) is 11.9. The van der Waals surface area contributed by atoms with Crippen molar-refractivity contribution in [3.63, 3.8) is 0 Å². The fourth-order valence-electron chi connectivity index (χ4n) is 4.06. The van der Waals surface area contributed by atoms with Gasteiger partial charge in [-0.2, -0.15) is 28.6 Å². The summed E-state index contributed by atoms with van der Waals surface area (Å²) in [7, 11) is 0. The van der Waals surface area contributed by atoms with Crippen LogP contribution in [0, 0.1) is 35.1 Å². The molecule has 2 aromatic carbocycles. The Bertz CT molecular complexity index is 1460. The minimum Gasteiger partial charge on any atom is -0.300 e. The van der Waals surface area contributed by atoms with E-state index in [0.29, 0.717) is 16.9 Å². The maximum absolute atomic E-state index is 14.7. The van der Waals surface area contributed by atoms with Gasteiger partial charge in [0.05, 0.1) is 17.2 Å². The van der Waals surface area contributed by atoms with Crippen LogP contribution in [0.1, 0.15) is 81.6 Å². The molecule has 0 fully saturated rings. The van der Waals surface area contributed by atoms with Gasteiger partial charge >= 0.3 is 21.1 Å². The summed E-state index contributed by atoms with van der Waals surface area (Å²) in [5, 5.41) is 14.3. The number of nitriles is 1. The van der Waals surface area contributed by atoms with E-state index in [1.54, 1.807) is 18.2 Å². The van der Waals surface area contributed by atoms with Crippen molar-refractivity contribution in [1.82, 2.24) is 14.8 Å². The van der Waals surface area contributed by atoms with Gasteiger partial charge in [0.25, 0.3) is 0 Å². The van der Waals surface area contributed by atoms with Gasteiger partial charge in [0.1, 0.15) is 0 Å². The molecular formula is C30H28F2N4Pt. The second-order valence-electron chi connectivity index (χ2n) is 10.1. The maximum Gasteiger partial charge on any atom is 2.00 e. The Morgan fingerprint density at radius 3 is 2.32 bits per heavy atom. The number of nitrogens with zero attached hydrogens (tertiary/aromatic N) is 4. The topological polar surface area (TPSA) is 54.5 Å². The van der Waals surface area contributed by atoms with E-state index in [4.69, 9.17) is 10.1 Å². The van der Waals surface area contributed by atoms with Crippen LogP contribution in [0.4, 0.5) is 8.78 Å². The van der Waals surface area contributed by atoms with Gasteiger partial charge in [0.2, 0.25) is 0 Å². The fourth-order valence-corrected chi connectivity index (χ4v) is 4.06. The summed E-state index contributed by atoms with van der Waals surface area (Å²) in [6.45, 7) is 12.3. The third-order valence-corrected chi connectivity index (χ3v) is 6.38. The molecule has 0 atom stereocenters. The molecule has 0 radical (unpaired) electrons. The number of hydrogen-bond donors (Lipinski definition) is 0. The smallest absolute Gasteiger partial charge is 0.300 e. The molecule has 4 nitrogen and oxygen atoms in total. The Hall–Kier alpha value is -3.16. The maximum atomic E-state index is 14.7. The molecule has 7 heteroatoms. The van der Waals surface area contributed by atoms with Crippen LogP contribution in [0.3, 0.4) is 0 Å². The van der Waals surface area contributed by atoms with Crippen LogP contribution >= 0.6 is 0 Å². The third kappa shape index (κ3) is 5.73. The molecule has 0 aliphatic carbocycles. The molecule has 4 aromatic rings. The monoisotopic (exact) mass is 677 g/mol. The van der Waals surface area contributed by atoms with Gasteiger partial charge in [-0.1, -0.05) is 56.5 Å². The zero-order chi connectivity index (χ0) is 26.2. The first-order chi connectivity index (χ1) is 17.0. The molecule has 0 unspecified atom stereocenters. The minimum atomic E-state index is -0.702. The van der Waals surface area contributed by atoms with Crippen molar-refractivity contribution >= 4 is 0 Å². The molecule has 0 saturated carbocycles. The fraction of sp³-hybridized carbons (Fsp3) is 0.300. The second kappa shape index (κ2) is 11.1. The van der Waals surface area contributed by atoms with Gasteiger partial charge < -0.3 is 4.98 Å². The molecule has 2 heterocycles. The Morgan fingerprint density at radius 1 is 0.973 bits per heavy atom. The van der Waals surface area contributed by atoms with E-state index in [0.717, 1.165) is 34.8 Å². The molecule has 37 heavy (non-hydrogen) atoms. The molecule has 0 amide bonds. The van der Waals surface area contributed by atoms with Gasteiger partial charge in [0, 0.05) is 23.0 Å². The molecule has 4 rings (SSSR count). The Labute approximate surface area is 231 Å². The van der Waals surface area contributed by atoms with Crippen molar-refractivity contribution in [3.8, 4) is 23.0 Å². The van der Waals surface area contributed by atoms with Gasteiger partial charge in [-0.3, -0.25) is 13.5 Å². The molecule has 0 aliphatic heterocycles. The van der Waals surface area contributed by atoms with E-state index < -0.39 is 17.0 Å². The summed E-state index contributed by atoms with van der Waals surface area (Å²) in [5.41, 5.74) is 4.57. The van der Waals surface area contributed by atoms with Crippen LogP contribution in [-0.2, 0) is 26.5 Å². The predicted octanol–water partition coefficient (Wildman–Crippen LogP) is 7.25. The van der Waals surface area contributed by atoms with Crippen LogP contribution in [0.2, 0.25) is 0 Å². The summed E-state index contributed by atoms with van der Waals surface area (Å²) in [5.74, 6) is -1.06. The zero-order valence-electron chi connectivity index (χ0n) is 21.6. The van der Waals surface area contributed by atoms with Crippen LogP contribution in [0.15, 0.2) is 48.5 Å². The first-order valence-electron chi connectivity index (χ1n) is 11.9. The van der Waals surface area contributed by atoms with E-state index in [2.05, 4.69) is 45.9 Å². The largest absolute Gasteiger partial charge is 2.00 e. The summed E-state index contributed by atoms with van der Waals surface area (Å²) < 4.78 is 30.0. The summed E-state index contributed by atoms with van der Waals surface area (Å²) >= 11 is 0. The normalized spacial score (nSPS) is 11.5. The Balaban J connectivity index is 0.00000380. The molecule has 0 bridgehead atoms. The summed E-state index contributed by atoms with van der Waals surface area (Å²) in [6, 6.07) is 21.1. The van der Waals surface area contributed by atoms with Crippen molar-refractivity contribution in [3.05, 3.63) is 101 Å². The van der Waals surface area contributed by atoms with Crippen molar-refractivity contribution in [2.45, 2.75) is 58.8 Å². The van der Waals surface area contributed by atoms with E-state index in [1.807, 2.05) is 36.7 Å². The molecule has 0 aliphatic rings. The van der Waals surface area contributed by atoms with E-state index in [9.17, 15) is 14.0 Å². The number of halogens is 2. The van der Waals surface area contributed by atoms with Crippen molar-refractivity contribution < 1.29 is 29.8 Å². The number of pyridine rings is 1. The Morgan fingerprint density at radius 2 is 1.70 bits per heavy atom. The van der Waals surface area contributed by atoms with E-state index >= 15 is 0 Å². The SMILES string of the molecule is CC(C)c1cc(-c2[c-]cc(F)cc2F)nc(C(C)(C)c2cc(C(C)C)n(-c3[c-]ccc(C#N)c3)n2)c1.[Pt+2]. The minimum absolute atomic E-state index is 0. The van der Waals surface area contributed by atoms with Crippen LogP contribution in [0.5, 0.6) is 0 Å². The number of aromatic nitrogens is 3. The average Bonchev–Trinajstić information content (AvgIpc) is 3.31. The molecular weight excluding hydrogens is 649 g/mol. The van der Waals surface area contributed by atoms with Crippen LogP contribution < -0.4 is 0 Å². The van der Waals surface area contributed by atoms with Crippen molar-refractivity contribution in [2.75, 3.05) is 0 Å². The standard InChI is InChI=1S/C30H28F2N4.Pt/c1-18(2)21-13-26(24-11-10-22(31)15-25(24)32)34-28(14-21)30(5,6)29-16-27(19(3)4)36(35-29)23-9-7-8-20(12-23)17-33;/h7-8,10,12-16,18-19H,1-6H3;/q-2;+2. The van der Waals surface area contributed by atoms with E-state index in [1.165, 1.54) is 0 Å². The summed E-state index contributed by atoms with van der Waals surface area (Å²) in [4.78, 5) is 4.81. The number of benzene rings is 2. The number of rotatable bonds is 6. The van der Waals surface area contributed by atoms with Gasteiger partial charge in [0.15, 0.2) is 0 Å². The quantitative estimate of drug-likeness (QED) is 0.202. The zero-order valence-corrected chi connectivity index (χ0v) is 23.9. The van der Waals surface area contributed by atoms with Gasteiger partial charge in [-0.15, -0.1) is 18.2 Å². The third-order valence-electron chi connectivity index (χ3n) is 6.38. The van der Waals surface area contributed by atoms with Crippen LogP contribution in [-0.4, -0.2) is 14.8 Å². The van der Waals surface area contributed by atoms with E-state index in [-0.39, 0.29) is 38.5 Å². The Kier molecular flexibility index (Phi) is 8.50. The predicted molar refractivity (Wildman–Crippen MR) is 136 cm³/mol.